The van der Waals surface area contributed by atoms with Crippen LogP contribution in [0.25, 0.3) is 0 Å². The van der Waals surface area contributed by atoms with Gasteiger partial charge in [0.05, 0.1) is 10.9 Å². The fourth-order valence-electron chi connectivity index (χ4n) is 2.78. The number of nitrogens with zero attached hydrogens (tertiary/aromatic N) is 2. The number of fused-ring (bicyclic) bond motifs is 1. The number of aromatic nitrogens is 2. The molecule has 2 aromatic rings. The van der Waals surface area contributed by atoms with Crippen molar-refractivity contribution in [3.8, 4) is 0 Å². The highest BCUT2D eigenvalue weighted by Crippen LogP contribution is 2.39. The number of carbonyl (C=O) groups is 1. The molecule has 4 rings (SSSR count). The molecule has 23 heavy (non-hydrogen) atoms. The lowest BCUT2D eigenvalue weighted by atomic mass is 10.2. The van der Waals surface area contributed by atoms with Crippen molar-refractivity contribution >= 4 is 27.3 Å². The molecule has 2 N–H and O–H groups in total. The zero-order valence-electron chi connectivity index (χ0n) is 12.4. The molecule has 1 aliphatic heterocycles. The van der Waals surface area contributed by atoms with Gasteiger partial charge in [-0.25, -0.2) is 8.42 Å². The van der Waals surface area contributed by atoms with E-state index in [4.69, 9.17) is 0 Å². The Morgan fingerprint density at radius 3 is 3.00 bits per heavy atom. The molecule has 0 radical (unpaired) electrons. The van der Waals surface area contributed by atoms with Crippen LogP contribution in [0.15, 0.2) is 22.4 Å². The quantitative estimate of drug-likeness (QED) is 0.874. The van der Waals surface area contributed by atoms with Crippen LogP contribution in [0.3, 0.4) is 0 Å². The number of thiophene rings is 1. The normalized spacial score (nSPS) is 23.4. The Bertz CT molecular complexity index is 866. The number of amides is 1. The molecule has 2 aromatic heterocycles. The first-order valence-corrected chi connectivity index (χ1v) is 9.68. The molecular weight excluding hydrogens is 336 g/mol. The van der Waals surface area contributed by atoms with Crippen molar-refractivity contribution in [1.29, 1.82) is 0 Å². The van der Waals surface area contributed by atoms with Gasteiger partial charge in [0.25, 0.3) is 5.91 Å². The van der Waals surface area contributed by atoms with Crippen LogP contribution in [-0.2, 0) is 10.0 Å². The molecule has 3 heterocycles. The van der Waals surface area contributed by atoms with Crippen LogP contribution in [0.5, 0.6) is 0 Å². The molecule has 0 aromatic carbocycles. The van der Waals surface area contributed by atoms with E-state index in [1.165, 1.54) is 22.7 Å². The van der Waals surface area contributed by atoms with Gasteiger partial charge in [0, 0.05) is 30.1 Å². The number of sulfonamides is 1. The number of aromatic amines is 1. The second kappa shape index (κ2) is 5.15. The summed E-state index contributed by atoms with van der Waals surface area (Å²) < 4.78 is 25.8. The number of nitrogens with one attached hydrogen (secondary N) is 2. The van der Waals surface area contributed by atoms with Gasteiger partial charge in [0.15, 0.2) is 0 Å². The standard InChI is InChI=1S/C14H16N4O3S2/c1-18-7-11(13-12(4-5-22-13)23(18,20)21)15-14(19)10-6-9(16-17-10)8-2-3-8/h4-6,8,11H,2-3,7H2,1H3,(H,15,19)(H,16,17)/t11-/m1/s1. The zero-order valence-corrected chi connectivity index (χ0v) is 14.1. The Labute approximate surface area is 137 Å². The second-order valence-corrected chi connectivity index (χ2v) is 8.90. The van der Waals surface area contributed by atoms with Crippen LogP contribution in [-0.4, -0.2) is 42.4 Å². The highest BCUT2D eigenvalue weighted by atomic mass is 32.2. The molecule has 1 atom stereocenters. The largest absolute Gasteiger partial charge is 0.342 e. The van der Waals surface area contributed by atoms with Gasteiger partial charge in [-0.1, -0.05) is 0 Å². The minimum absolute atomic E-state index is 0.224. The first kappa shape index (κ1) is 14.9. The summed E-state index contributed by atoms with van der Waals surface area (Å²) in [5.74, 6) is 0.212. The smallest absolute Gasteiger partial charge is 0.272 e. The first-order valence-electron chi connectivity index (χ1n) is 7.36. The van der Waals surface area contributed by atoms with Crippen molar-refractivity contribution < 1.29 is 13.2 Å². The lowest BCUT2D eigenvalue weighted by molar-refractivity contribution is 0.0926. The van der Waals surface area contributed by atoms with Gasteiger partial charge >= 0.3 is 0 Å². The number of hydrogen-bond donors (Lipinski definition) is 2. The van der Waals surface area contributed by atoms with E-state index in [-0.39, 0.29) is 23.4 Å². The van der Waals surface area contributed by atoms with Crippen LogP contribution < -0.4 is 5.32 Å². The summed E-state index contributed by atoms with van der Waals surface area (Å²) in [4.78, 5) is 13.4. The van der Waals surface area contributed by atoms with Gasteiger partial charge in [-0.2, -0.15) is 9.40 Å². The van der Waals surface area contributed by atoms with Gasteiger partial charge < -0.3 is 5.32 Å². The molecule has 0 unspecified atom stereocenters. The van der Waals surface area contributed by atoms with E-state index in [0.29, 0.717) is 16.5 Å². The number of likely N-dealkylation sites (N-methyl/N-ethyl adjacent to an activating group) is 1. The maximum Gasteiger partial charge on any atom is 0.272 e. The third-order valence-corrected chi connectivity index (χ3v) is 7.30. The third kappa shape index (κ3) is 2.48. The average molecular weight is 352 g/mol. The Balaban J connectivity index is 1.57. The maximum atomic E-state index is 12.4. The molecule has 1 amide bonds. The van der Waals surface area contributed by atoms with Crippen molar-refractivity contribution in [2.75, 3.05) is 13.6 Å². The predicted molar refractivity (Wildman–Crippen MR) is 84.9 cm³/mol. The molecule has 7 nitrogen and oxygen atoms in total. The van der Waals surface area contributed by atoms with E-state index < -0.39 is 10.0 Å². The highest BCUT2D eigenvalue weighted by Gasteiger charge is 2.37. The lowest BCUT2D eigenvalue weighted by Crippen LogP contribution is -2.42. The Hall–Kier alpha value is -1.71. The Kier molecular flexibility index (Phi) is 3.33. The molecule has 9 heteroatoms. The second-order valence-electron chi connectivity index (χ2n) is 5.94. The van der Waals surface area contributed by atoms with Gasteiger partial charge in [0.2, 0.25) is 10.0 Å². The number of hydrogen-bond acceptors (Lipinski definition) is 5. The number of H-pyrrole nitrogens is 1. The van der Waals surface area contributed by atoms with Gasteiger partial charge in [0.1, 0.15) is 5.69 Å². The van der Waals surface area contributed by atoms with Crippen molar-refractivity contribution in [3.63, 3.8) is 0 Å². The SMILES string of the molecule is CN1C[C@@H](NC(=O)c2cc(C3CC3)[nH]n2)c2sccc2S1(=O)=O. The van der Waals surface area contributed by atoms with E-state index in [1.54, 1.807) is 17.5 Å². The van der Waals surface area contributed by atoms with E-state index in [1.807, 2.05) is 0 Å². The molecule has 2 aliphatic rings. The summed E-state index contributed by atoms with van der Waals surface area (Å²) in [6.45, 7) is 0.224. The summed E-state index contributed by atoms with van der Waals surface area (Å²) in [5.41, 5.74) is 1.34. The molecule has 0 bridgehead atoms. The van der Waals surface area contributed by atoms with Crippen LogP contribution in [0, 0.1) is 0 Å². The summed E-state index contributed by atoms with van der Waals surface area (Å²) in [6, 6.07) is 3.02. The van der Waals surface area contributed by atoms with Crippen molar-refractivity contribution in [2.24, 2.45) is 0 Å². The van der Waals surface area contributed by atoms with Crippen LogP contribution in [0.1, 0.15) is 45.9 Å². The average Bonchev–Trinajstić information content (AvgIpc) is 3.04. The molecule has 1 saturated carbocycles. The van der Waals surface area contributed by atoms with E-state index in [0.717, 1.165) is 18.5 Å². The fraction of sp³-hybridized carbons (Fsp3) is 0.429. The minimum Gasteiger partial charge on any atom is -0.342 e. The van der Waals surface area contributed by atoms with Gasteiger partial charge in [-0.3, -0.25) is 9.89 Å². The van der Waals surface area contributed by atoms with Crippen molar-refractivity contribution in [2.45, 2.75) is 29.7 Å². The number of rotatable bonds is 3. The van der Waals surface area contributed by atoms with Gasteiger partial charge in [-0.05, 0) is 30.4 Å². The topological polar surface area (TPSA) is 95.2 Å². The van der Waals surface area contributed by atoms with Gasteiger partial charge in [-0.15, -0.1) is 11.3 Å². The molecule has 0 spiro atoms. The van der Waals surface area contributed by atoms with E-state index in [2.05, 4.69) is 15.5 Å². The molecule has 1 fully saturated rings. The van der Waals surface area contributed by atoms with Crippen molar-refractivity contribution in [1.82, 2.24) is 19.8 Å². The summed E-state index contributed by atoms with van der Waals surface area (Å²) >= 11 is 1.35. The Morgan fingerprint density at radius 2 is 2.26 bits per heavy atom. The predicted octanol–water partition coefficient (Wildman–Crippen LogP) is 1.45. The van der Waals surface area contributed by atoms with E-state index >= 15 is 0 Å². The van der Waals surface area contributed by atoms with Crippen molar-refractivity contribution in [3.05, 3.63) is 33.8 Å². The highest BCUT2D eigenvalue weighted by molar-refractivity contribution is 7.89. The molecule has 122 valence electrons. The first-order chi connectivity index (χ1) is 11.0. The lowest BCUT2D eigenvalue weighted by Gasteiger charge is -2.29. The van der Waals surface area contributed by atoms with Crippen LogP contribution in [0.2, 0.25) is 0 Å². The molecular formula is C14H16N4O3S2. The maximum absolute atomic E-state index is 12.4. The van der Waals surface area contributed by atoms with Crippen LogP contribution in [0.4, 0.5) is 0 Å². The zero-order chi connectivity index (χ0) is 16.2. The summed E-state index contributed by atoms with van der Waals surface area (Å²) in [5, 5.41) is 11.6. The molecule has 0 saturated heterocycles. The summed E-state index contributed by atoms with van der Waals surface area (Å²) in [7, 11) is -1.92. The Morgan fingerprint density at radius 1 is 1.48 bits per heavy atom. The van der Waals surface area contributed by atoms with Crippen LogP contribution >= 0.6 is 11.3 Å². The summed E-state index contributed by atoms with van der Waals surface area (Å²) in [6.07, 6.45) is 2.26. The monoisotopic (exact) mass is 352 g/mol. The third-order valence-electron chi connectivity index (χ3n) is 4.25. The van der Waals surface area contributed by atoms with E-state index in [9.17, 15) is 13.2 Å². The fourth-order valence-corrected chi connectivity index (χ4v) is 5.48. The number of carbonyl (C=O) groups excluding carboxylic acids is 1. The minimum atomic E-state index is -3.44. The molecule has 1 aliphatic carbocycles.